The van der Waals surface area contributed by atoms with E-state index in [4.69, 9.17) is 4.74 Å². The lowest BCUT2D eigenvalue weighted by Crippen LogP contribution is -2.04. The lowest BCUT2D eigenvalue weighted by atomic mass is 10.0. The topological polar surface area (TPSA) is 39.2 Å². The molecule has 17 heavy (non-hydrogen) atoms. The van der Waals surface area contributed by atoms with Crippen LogP contribution >= 0.6 is 0 Å². The summed E-state index contributed by atoms with van der Waals surface area (Å²) in [6.45, 7) is 0. The van der Waals surface area contributed by atoms with Crippen molar-refractivity contribution in [3.8, 4) is 5.75 Å². The number of carbonyl (C=O) groups excluding carboxylic acids is 1. The quantitative estimate of drug-likeness (QED) is 0.762. The Labute approximate surface area is 97.9 Å². The zero-order chi connectivity index (χ0) is 12.3. The van der Waals surface area contributed by atoms with Crippen molar-refractivity contribution < 1.29 is 13.9 Å². The van der Waals surface area contributed by atoms with E-state index in [1.807, 2.05) is 0 Å². The molecule has 0 atom stereocenters. The highest BCUT2D eigenvalue weighted by atomic mass is 19.1. The van der Waals surface area contributed by atoms with Crippen molar-refractivity contribution in [1.29, 1.82) is 0 Å². The second-order valence-corrected chi connectivity index (χ2v) is 3.41. The van der Waals surface area contributed by atoms with Crippen LogP contribution in [-0.4, -0.2) is 17.9 Å². The molecule has 3 nitrogen and oxygen atoms in total. The molecular weight excluding hydrogens is 221 g/mol. The highest BCUT2D eigenvalue weighted by Crippen LogP contribution is 2.19. The Morgan fingerprint density at radius 2 is 1.94 bits per heavy atom. The van der Waals surface area contributed by atoms with Gasteiger partial charge in [-0.25, -0.2) is 4.39 Å². The van der Waals surface area contributed by atoms with Crippen molar-refractivity contribution in [2.75, 3.05) is 7.11 Å². The lowest BCUT2D eigenvalue weighted by Gasteiger charge is -2.06. The molecule has 0 fully saturated rings. The van der Waals surface area contributed by atoms with E-state index in [0.29, 0.717) is 16.9 Å². The number of aromatic nitrogens is 1. The predicted molar refractivity (Wildman–Crippen MR) is 60.6 cm³/mol. The first kappa shape index (κ1) is 11.3. The average molecular weight is 231 g/mol. The van der Waals surface area contributed by atoms with Gasteiger partial charge in [-0.2, -0.15) is 0 Å². The number of methoxy groups -OCH3 is 1. The zero-order valence-electron chi connectivity index (χ0n) is 9.18. The van der Waals surface area contributed by atoms with E-state index < -0.39 is 0 Å². The van der Waals surface area contributed by atoms with Crippen LogP contribution in [-0.2, 0) is 0 Å². The Bertz CT molecular complexity index is 537. The smallest absolute Gasteiger partial charge is 0.196 e. The van der Waals surface area contributed by atoms with Gasteiger partial charge in [0.1, 0.15) is 11.6 Å². The van der Waals surface area contributed by atoms with Gasteiger partial charge in [0.2, 0.25) is 0 Å². The predicted octanol–water partition coefficient (Wildman–Crippen LogP) is 2.46. The van der Waals surface area contributed by atoms with Crippen LogP contribution < -0.4 is 4.74 Å². The molecule has 0 saturated heterocycles. The van der Waals surface area contributed by atoms with E-state index >= 15 is 0 Å². The van der Waals surface area contributed by atoms with Crippen molar-refractivity contribution in [2.45, 2.75) is 0 Å². The number of carbonyl (C=O) groups is 1. The first-order chi connectivity index (χ1) is 8.22. The molecule has 1 aromatic carbocycles. The second kappa shape index (κ2) is 4.74. The molecular formula is C13H10FNO2. The fourth-order valence-corrected chi connectivity index (χ4v) is 1.49. The highest BCUT2D eigenvalue weighted by Gasteiger charge is 2.13. The fourth-order valence-electron chi connectivity index (χ4n) is 1.49. The third kappa shape index (κ3) is 2.30. The lowest BCUT2D eigenvalue weighted by molar-refractivity contribution is 0.103. The molecule has 0 saturated carbocycles. The third-order valence-corrected chi connectivity index (χ3v) is 2.36. The summed E-state index contributed by atoms with van der Waals surface area (Å²) in [6.07, 6.45) is 2.98. The van der Waals surface area contributed by atoms with Crippen LogP contribution in [0.2, 0.25) is 0 Å². The van der Waals surface area contributed by atoms with Crippen LogP contribution in [0.25, 0.3) is 0 Å². The number of rotatable bonds is 3. The minimum absolute atomic E-state index is 0.218. The monoisotopic (exact) mass is 231 g/mol. The number of hydrogen-bond donors (Lipinski definition) is 0. The SMILES string of the molecule is COc1cnccc1C(=O)c1ccc(F)cc1. The second-order valence-electron chi connectivity index (χ2n) is 3.41. The molecule has 0 spiro atoms. The summed E-state index contributed by atoms with van der Waals surface area (Å²) in [5.74, 6) is -0.186. The maximum Gasteiger partial charge on any atom is 0.196 e. The fraction of sp³-hybridized carbons (Fsp3) is 0.0769. The van der Waals surface area contributed by atoms with Gasteiger partial charge in [-0.15, -0.1) is 0 Å². The minimum atomic E-state index is -0.372. The first-order valence-electron chi connectivity index (χ1n) is 5.00. The minimum Gasteiger partial charge on any atom is -0.494 e. The average Bonchev–Trinajstić information content (AvgIpc) is 2.39. The number of benzene rings is 1. The van der Waals surface area contributed by atoms with Crippen LogP contribution in [0.1, 0.15) is 15.9 Å². The Morgan fingerprint density at radius 1 is 1.24 bits per heavy atom. The Morgan fingerprint density at radius 3 is 2.59 bits per heavy atom. The molecule has 1 heterocycles. The molecule has 0 N–H and O–H groups in total. The van der Waals surface area contributed by atoms with E-state index in [1.54, 1.807) is 6.07 Å². The molecule has 0 aliphatic carbocycles. The number of hydrogen-bond acceptors (Lipinski definition) is 3. The van der Waals surface area contributed by atoms with Gasteiger partial charge in [-0.3, -0.25) is 9.78 Å². The number of nitrogens with zero attached hydrogens (tertiary/aromatic N) is 1. The largest absolute Gasteiger partial charge is 0.494 e. The van der Waals surface area contributed by atoms with E-state index in [9.17, 15) is 9.18 Å². The highest BCUT2D eigenvalue weighted by molar-refractivity contribution is 6.10. The first-order valence-corrected chi connectivity index (χ1v) is 5.00. The molecule has 1 aromatic heterocycles. The van der Waals surface area contributed by atoms with Crippen molar-refractivity contribution in [2.24, 2.45) is 0 Å². The van der Waals surface area contributed by atoms with E-state index in [0.717, 1.165) is 0 Å². The molecule has 2 aromatic rings. The molecule has 86 valence electrons. The molecule has 2 rings (SSSR count). The van der Waals surface area contributed by atoms with Crippen LogP contribution in [0.4, 0.5) is 4.39 Å². The zero-order valence-corrected chi connectivity index (χ0v) is 9.18. The third-order valence-electron chi connectivity index (χ3n) is 2.36. The van der Waals surface area contributed by atoms with Crippen molar-refractivity contribution >= 4 is 5.78 Å². The molecule has 0 aliphatic heterocycles. The summed E-state index contributed by atoms with van der Waals surface area (Å²) < 4.78 is 17.8. The van der Waals surface area contributed by atoms with Crippen molar-refractivity contribution in [3.05, 3.63) is 59.7 Å². The van der Waals surface area contributed by atoms with Gasteiger partial charge >= 0.3 is 0 Å². The van der Waals surface area contributed by atoms with Crippen molar-refractivity contribution in [1.82, 2.24) is 4.98 Å². The van der Waals surface area contributed by atoms with Crippen LogP contribution in [0.5, 0.6) is 5.75 Å². The van der Waals surface area contributed by atoms with Gasteiger partial charge in [0.05, 0.1) is 18.9 Å². The van der Waals surface area contributed by atoms with Crippen LogP contribution in [0.3, 0.4) is 0 Å². The molecule has 0 aliphatic rings. The van der Waals surface area contributed by atoms with Gasteiger partial charge in [0.15, 0.2) is 5.78 Å². The summed E-state index contributed by atoms with van der Waals surface area (Å²) in [5, 5.41) is 0. The number of ether oxygens (including phenoxy) is 1. The summed E-state index contributed by atoms with van der Waals surface area (Å²) in [4.78, 5) is 16.0. The van der Waals surface area contributed by atoms with Gasteiger partial charge in [0.25, 0.3) is 0 Å². The van der Waals surface area contributed by atoms with Gasteiger partial charge in [-0.05, 0) is 30.3 Å². The van der Waals surface area contributed by atoms with Crippen LogP contribution in [0, 0.1) is 5.82 Å². The Balaban J connectivity index is 2.40. The number of pyridine rings is 1. The van der Waals surface area contributed by atoms with Gasteiger partial charge in [0, 0.05) is 11.8 Å². The molecule has 0 bridgehead atoms. The van der Waals surface area contributed by atoms with E-state index in [1.165, 1.54) is 43.8 Å². The molecule has 4 heteroatoms. The van der Waals surface area contributed by atoms with Crippen LogP contribution in [0.15, 0.2) is 42.7 Å². The van der Waals surface area contributed by atoms with Crippen molar-refractivity contribution in [3.63, 3.8) is 0 Å². The van der Waals surface area contributed by atoms with E-state index in [-0.39, 0.29) is 11.6 Å². The Hall–Kier alpha value is -2.23. The number of halogens is 1. The normalized spacial score (nSPS) is 10.0. The maximum absolute atomic E-state index is 12.8. The standard InChI is InChI=1S/C13H10FNO2/c1-17-12-8-15-7-6-11(12)13(16)9-2-4-10(14)5-3-9/h2-8H,1H3. The molecule has 0 radical (unpaired) electrons. The summed E-state index contributed by atoms with van der Waals surface area (Å²) >= 11 is 0. The Kier molecular flexibility index (Phi) is 3.14. The molecule has 0 amide bonds. The van der Waals surface area contributed by atoms with Gasteiger partial charge in [-0.1, -0.05) is 0 Å². The summed E-state index contributed by atoms with van der Waals surface area (Å²) in [6, 6.07) is 6.96. The molecule has 0 unspecified atom stereocenters. The summed E-state index contributed by atoms with van der Waals surface area (Å²) in [7, 11) is 1.47. The van der Waals surface area contributed by atoms with E-state index in [2.05, 4.69) is 4.98 Å². The van der Waals surface area contributed by atoms with Gasteiger partial charge < -0.3 is 4.74 Å². The maximum atomic E-state index is 12.8. The number of ketones is 1. The summed E-state index contributed by atoms with van der Waals surface area (Å²) in [5.41, 5.74) is 0.824.